The van der Waals surface area contributed by atoms with Gasteiger partial charge in [-0.05, 0) is 39.8 Å². The minimum Gasteiger partial charge on any atom is -1.00 e. The smallest absolute Gasteiger partial charge is 1.00 e. The number of hydrogen-bond acceptors (Lipinski definition) is 4. The fraction of sp³-hybridized carbons (Fsp3) is 1.00. The van der Waals surface area contributed by atoms with Crippen LogP contribution in [0.2, 0.25) is 0 Å². The maximum Gasteiger partial charge on any atom is 2.00 e. The SMILES string of the molecule is C[C@@H]1CCNCCN[C@@H](C)CCNCCN1.O.O.O.O.[Cl-].[Cl-].[Cu+2]. The van der Waals surface area contributed by atoms with Gasteiger partial charge in [-0.1, -0.05) is 0 Å². The predicted molar refractivity (Wildman–Crippen MR) is 84.4 cm³/mol. The Bertz CT molecular complexity index is 159. The van der Waals surface area contributed by atoms with Crippen LogP contribution < -0.4 is 46.1 Å². The zero-order chi connectivity index (χ0) is 11.6. The quantitative estimate of drug-likeness (QED) is 0.277. The molecule has 0 unspecified atom stereocenters. The zero-order valence-corrected chi connectivity index (χ0v) is 16.3. The topological polar surface area (TPSA) is 174 Å². The van der Waals surface area contributed by atoms with Crippen molar-refractivity contribution in [3.05, 3.63) is 0 Å². The molecular formula is C12H36Cl2CuN4O4. The third kappa shape index (κ3) is 27.9. The van der Waals surface area contributed by atoms with Gasteiger partial charge in [-0.3, -0.25) is 0 Å². The first kappa shape index (κ1) is 43.8. The molecule has 0 bridgehead atoms. The molecule has 0 aromatic heterocycles. The van der Waals surface area contributed by atoms with Gasteiger partial charge >= 0.3 is 17.1 Å². The van der Waals surface area contributed by atoms with E-state index in [-0.39, 0.29) is 63.8 Å². The Kier molecular flexibility index (Phi) is 58.4. The summed E-state index contributed by atoms with van der Waals surface area (Å²) >= 11 is 0. The van der Waals surface area contributed by atoms with Crippen LogP contribution in [-0.2, 0) is 17.1 Å². The van der Waals surface area contributed by atoms with Gasteiger partial charge in [-0.15, -0.1) is 0 Å². The maximum atomic E-state index is 3.53. The summed E-state index contributed by atoms with van der Waals surface area (Å²) in [5.74, 6) is 0. The summed E-state index contributed by atoms with van der Waals surface area (Å²) < 4.78 is 0. The first-order valence-electron chi connectivity index (χ1n) is 6.67. The van der Waals surface area contributed by atoms with E-state index in [0.29, 0.717) is 12.1 Å². The minimum atomic E-state index is 0. The number of rotatable bonds is 0. The van der Waals surface area contributed by atoms with Crippen molar-refractivity contribution in [2.24, 2.45) is 0 Å². The van der Waals surface area contributed by atoms with Crippen molar-refractivity contribution >= 4 is 0 Å². The fourth-order valence-electron chi connectivity index (χ4n) is 1.91. The van der Waals surface area contributed by atoms with Crippen molar-refractivity contribution in [2.45, 2.75) is 38.8 Å². The molecule has 0 aromatic rings. The molecule has 153 valence electrons. The summed E-state index contributed by atoms with van der Waals surface area (Å²) in [6.07, 6.45) is 2.41. The summed E-state index contributed by atoms with van der Waals surface area (Å²) in [6.45, 7) is 11.0. The summed E-state index contributed by atoms with van der Waals surface area (Å²) in [5, 5.41) is 14.0. The fourth-order valence-corrected chi connectivity index (χ4v) is 1.91. The van der Waals surface area contributed by atoms with E-state index < -0.39 is 0 Å². The number of halogens is 2. The first-order valence-corrected chi connectivity index (χ1v) is 6.67. The molecule has 11 heteroatoms. The van der Waals surface area contributed by atoms with Gasteiger partial charge in [0.05, 0.1) is 0 Å². The van der Waals surface area contributed by atoms with Crippen molar-refractivity contribution in [1.29, 1.82) is 0 Å². The van der Waals surface area contributed by atoms with E-state index in [1.165, 1.54) is 12.8 Å². The molecule has 1 heterocycles. The Balaban J connectivity index is -0.0000000731. The van der Waals surface area contributed by atoms with Gasteiger partial charge in [-0.25, -0.2) is 0 Å². The van der Waals surface area contributed by atoms with Gasteiger partial charge in [0.1, 0.15) is 0 Å². The molecule has 1 fully saturated rings. The van der Waals surface area contributed by atoms with Crippen molar-refractivity contribution in [3.8, 4) is 0 Å². The second-order valence-corrected chi connectivity index (χ2v) is 4.79. The predicted octanol–water partition coefficient (Wildman–Crippen LogP) is -9.38. The molecule has 0 aromatic carbocycles. The molecule has 0 saturated carbocycles. The normalized spacial score (nSPS) is 22.2. The molecule has 8 nitrogen and oxygen atoms in total. The average molecular weight is 435 g/mol. The molecule has 2 atom stereocenters. The van der Waals surface area contributed by atoms with Gasteiger partial charge in [0.25, 0.3) is 0 Å². The molecule has 1 saturated heterocycles. The molecule has 12 N–H and O–H groups in total. The van der Waals surface area contributed by atoms with Gasteiger partial charge in [-0.2, -0.15) is 0 Å². The largest absolute Gasteiger partial charge is 2.00 e. The van der Waals surface area contributed by atoms with Crippen molar-refractivity contribution in [2.75, 3.05) is 39.3 Å². The Labute approximate surface area is 163 Å². The van der Waals surface area contributed by atoms with Gasteiger partial charge in [0, 0.05) is 38.3 Å². The molecule has 0 amide bonds. The summed E-state index contributed by atoms with van der Waals surface area (Å²) in [4.78, 5) is 0. The summed E-state index contributed by atoms with van der Waals surface area (Å²) in [5.41, 5.74) is 0. The summed E-state index contributed by atoms with van der Waals surface area (Å²) in [6, 6.07) is 1.23. The van der Waals surface area contributed by atoms with E-state index in [1.54, 1.807) is 0 Å². The van der Waals surface area contributed by atoms with Crippen molar-refractivity contribution < 1.29 is 63.8 Å². The second-order valence-electron chi connectivity index (χ2n) is 4.79. The number of hydrogen-bond donors (Lipinski definition) is 4. The third-order valence-electron chi connectivity index (χ3n) is 3.10. The van der Waals surface area contributed by atoms with E-state index in [1.807, 2.05) is 0 Å². The molecule has 23 heavy (non-hydrogen) atoms. The third-order valence-corrected chi connectivity index (χ3v) is 3.10. The van der Waals surface area contributed by atoms with Crippen LogP contribution >= 0.6 is 0 Å². The van der Waals surface area contributed by atoms with Gasteiger partial charge in [0.2, 0.25) is 0 Å². The molecule has 1 rings (SSSR count). The Morgan fingerprint density at radius 1 is 0.565 bits per heavy atom. The van der Waals surface area contributed by atoms with E-state index >= 15 is 0 Å². The average Bonchev–Trinajstić information content (AvgIpc) is 2.27. The van der Waals surface area contributed by atoms with Crippen LogP contribution in [0.3, 0.4) is 0 Å². The van der Waals surface area contributed by atoms with Gasteiger partial charge < -0.3 is 68.0 Å². The van der Waals surface area contributed by atoms with E-state index in [0.717, 1.165) is 39.3 Å². The molecule has 1 aliphatic rings. The van der Waals surface area contributed by atoms with Crippen LogP contribution in [0, 0.1) is 0 Å². The van der Waals surface area contributed by atoms with Crippen LogP contribution in [0.4, 0.5) is 0 Å². The Morgan fingerprint density at radius 2 is 0.870 bits per heavy atom. The standard InChI is InChI=1S/C12H28N4.2ClH.Cu.4H2O/c1-11-3-5-13-8-10-16-12(2)4-6-14-7-9-15-11;;;;;;;/h11-16H,3-10H2,1-2H3;2*1H;;4*1H2/q;;;+2;;;;/p-2/t11-,12+;;;;;;;. The van der Waals surface area contributed by atoms with E-state index in [9.17, 15) is 0 Å². The van der Waals surface area contributed by atoms with Crippen LogP contribution in [-0.4, -0.2) is 73.3 Å². The van der Waals surface area contributed by atoms with Crippen LogP contribution in [0.25, 0.3) is 0 Å². The van der Waals surface area contributed by atoms with E-state index in [4.69, 9.17) is 0 Å². The number of nitrogens with one attached hydrogen (secondary N) is 4. The molecular weight excluding hydrogens is 399 g/mol. The first-order chi connectivity index (χ1) is 7.79. The van der Waals surface area contributed by atoms with E-state index in [2.05, 4.69) is 35.1 Å². The zero-order valence-electron chi connectivity index (χ0n) is 13.9. The van der Waals surface area contributed by atoms with Crippen LogP contribution in [0.1, 0.15) is 26.7 Å². The molecule has 0 spiro atoms. The van der Waals surface area contributed by atoms with Crippen LogP contribution in [0.15, 0.2) is 0 Å². The molecule has 1 radical (unpaired) electrons. The Hall–Kier alpha value is 0.779. The van der Waals surface area contributed by atoms with Crippen molar-refractivity contribution in [1.82, 2.24) is 21.3 Å². The Morgan fingerprint density at radius 3 is 1.17 bits per heavy atom. The van der Waals surface area contributed by atoms with Crippen LogP contribution in [0.5, 0.6) is 0 Å². The molecule has 1 aliphatic heterocycles. The van der Waals surface area contributed by atoms with Gasteiger partial charge in [0.15, 0.2) is 0 Å². The minimum absolute atomic E-state index is 0. The van der Waals surface area contributed by atoms with Crippen molar-refractivity contribution in [3.63, 3.8) is 0 Å². The monoisotopic (exact) mass is 433 g/mol. The molecule has 0 aliphatic carbocycles. The summed E-state index contributed by atoms with van der Waals surface area (Å²) in [7, 11) is 0. The second kappa shape index (κ2) is 30.6. The maximum absolute atomic E-state index is 3.53.